The largest absolute Gasteiger partial charge is 0.497 e. The van der Waals surface area contributed by atoms with E-state index in [1.807, 2.05) is 6.07 Å². The average molecular weight is 289 g/mol. The van der Waals surface area contributed by atoms with Crippen molar-refractivity contribution >= 4 is 0 Å². The summed E-state index contributed by atoms with van der Waals surface area (Å²) in [6.45, 7) is 5.69. The lowest BCUT2D eigenvalue weighted by Crippen LogP contribution is -2.34. The van der Waals surface area contributed by atoms with Gasteiger partial charge in [0, 0.05) is 6.04 Å². The van der Waals surface area contributed by atoms with Gasteiger partial charge in [-0.25, -0.2) is 0 Å². The van der Waals surface area contributed by atoms with Gasteiger partial charge >= 0.3 is 0 Å². The van der Waals surface area contributed by atoms with E-state index < -0.39 is 0 Å². The molecule has 0 spiro atoms. The molecule has 1 aromatic carbocycles. The monoisotopic (exact) mass is 289 g/mol. The number of rotatable bonds is 7. The molecule has 0 aromatic heterocycles. The van der Waals surface area contributed by atoms with E-state index in [1.165, 1.54) is 44.1 Å². The van der Waals surface area contributed by atoms with Gasteiger partial charge in [-0.2, -0.15) is 0 Å². The zero-order valence-electron chi connectivity index (χ0n) is 13.9. The van der Waals surface area contributed by atoms with Crippen molar-refractivity contribution in [2.24, 2.45) is 11.8 Å². The molecule has 3 atom stereocenters. The first-order chi connectivity index (χ1) is 10.3. The second kappa shape index (κ2) is 8.43. The average Bonchev–Trinajstić information content (AvgIpc) is 2.56. The summed E-state index contributed by atoms with van der Waals surface area (Å²) in [5.41, 5.74) is 1.40. The molecule has 0 saturated heterocycles. The quantitative estimate of drug-likeness (QED) is 0.766. The van der Waals surface area contributed by atoms with Crippen LogP contribution in [-0.2, 0) is 0 Å². The Labute approximate surface area is 130 Å². The number of nitrogens with one attached hydrogen (secondary N) is 1. The van der Waals surface area contributed by atoms with Crippen LogP contribution in [0.1, 0.15) is 64.0 Å². The standard InChI is InChI=1S/C19H31NO/c1-4-13-20-19(16-10-8-11-17(14-16)21-3)18-12-7-6-9-15(18)5-2/h8,10-11,14-15,18-20H,4-7,9,12-13H2,1-3H3. The van der Waals surface area contributed by atoms with Crippen molar-refractivity contribution in [1.82, 2.24) is 5.32 Å². The van der Waals surface area contributed by atoms with Crippen molar-refractivity contribution < 1.29 is 4.74 Å². The number of hydrogen-bond donors (Lipinski definition) is 1. The van der Waals surface area contributed by atoms with E-state index in [9.17, 15) is 0 Å². The Hall–Kier alpha value is -1.02. The molecule has 0 bridgehead atoms. The Morgan fingerprint density at radius 2 is 2.05 bits per heavy atom. The van der Waals surface area contributed by atoms with Gasteiger partial charge in [0.1, 0.15) is 5.75 Å². The molecule has 0 aliphatic heterocycles. The highest BCUT2D eigenvalue weighted by Crippen LogP contribution is 2.40. The Morgan fingerprint density at radius 3 is 2.76 bits per heavy atom. The van der Waals surface area contributed by atoms with Gasteiger partial charge in [0.05, 0.1) is 7.11 Å². The number of methoxy groups -OCH3 is 1. The van der Waals surface area contributed by atoms with Crippen molar-refractivity contribution in [3.63, 3.8) is 0 Å². The highest BCUT2D eigenvalue weighted by atomic mass is 16.5. The van der Waals surface area contributed by atoms with Crippen LogP contribution in [0.15, 0.2) is 24.3 Å². The van der Waals surface area contributed by atoms with Gasteiger partial charge in [-0.1, -0.05) is 51.7 Å². The Balaban J connectivity index is 2.23. The van der Waals surface area contributed by atoms with Crippen molar-refractivity contribution in [1.29, 1.82) is 0 Å². The second-order valence-corrected chi connectivity index (χ2v) is 6.33. The van der Waals surface area contributed by atoms with Gasteiger partial charge in [0.2, 0.25) is 0 Å². The SMILES string of the molecule is CCCNC(c1cccc(OC)c1)C1CCCCC1CC. The minimum absolute atomic E-state index is 0.477. The van der Waals surface area contributed by atoms with Crippen LogP contribution >= 0.6 is 0 Å². The van der Waals surface area contributed by atoms with Crippen molar-refractivity contribution in [2.45, 2.75) is 58.4 Å². The van der Waals surface area contributed by atoms with E-state index >= 15 is 0 Å². The molecule has 2 heteroatoms. The predicted molar refractivity (Wildman–Crippen MR) is 89.8 cm³/mol. The number of ether oxygens (including phenoxy) is 1. The molecule has 2 rings (SSSR count). The third-order valence-corrected chi connectivity index (χ3v) is 4.99. The summed E-state index contributed by atoms with van der Waals surface area (Å²) >= 11 is 0. The normalized spacial score (nSPS) is 23.8. The topological polar surface area (TPSA) is 21.3 Å². The molecule has 1 aliphatic rings. The Bertz CT molecular complexity index is 418. The summed E-state index contributed by atoms with van der Waals surface area (Å²) in [5, 5.41) is 3.82. The molecule has 0 heterocycles. The molecule has 1 aliphatic carbocycles. The van der Waals surface area contributed by atoms with Crippen LogP contribution < -0.4 is 10.1 Å². The first kappa shape index (κ1) is 16.4. The van der Waals surface area contributed by atoms with Gasteiger partial charge in [0.25, 0.3) is 0 Å². The first-order valence-corrected chi connectivity index (χ1v) is 8.67. The lowest BCUT2D eigenvalue weighted by Gasteiger charge is -2.38. The first-order valence-electron chi connectivity index (χ1n) is 8.67. The third kappa shape index (κ3) is 4.23. The van der Waals surface area contributed by atoms with E-state index in [2.05, 4.69) is 37.4 Å². The van der Waals surface area contributed by atoms with E-state index in [0.29, 0.717) is 6.04 Å². The second-order valence-electron chi connectivity index (χ2n) is 6.33. The van der Waals surface area contributed by atoms with Crippen molar-refractivity contribution in [3.05, 3.63) is 29.8 Å². The van der Waals surface area contributed by atoms with E-state index in [4.69, 9.17) is 4.74 Å². The van der Waals surface area contributed by atoms with Gasteiger partial charge in [-0.05, 0) is 48.9 Å². The van der Waals surface area contributed by atoms with Crippen LogP contribution in [0.2, 0.25) is 0 Å². The maximum Gasteiger partial charge on any atom is 0.119 e. The van der Waals surface area contributed by atoms with Crippen LogP contribution in [0, 0.1) is 11.8 Å². The molecule has 21 heavy (non-hydrogen) atoms. The highest BCUT2D eigenvalue weighted by molar-refractivity contribution is 5.31. The summed E-state index contributed by atoms with van der Waals surface area (Å²) in [6.07, 6.45) is 8.04. The molecule has 3 unspecified atom stereocenters. The summed E-state index contributed by atoms with van der Waals surface area (Å²) in [4.78, 5) is 0. The fourth-order valence-corrected chi connectivity index (χ4v) is 3.83. The zero-order chi connectivity index (χ0) is 15.1. The Kier molecular flexibility index (Phi) is 6.56. The molecule has 2 nitrogen and oxygen atoms in total. The number of benzene rings is 1. The third-order valence-electron chi connectivity index (χ3n) is 4.99. The van der Waals surface area contributed by atoms with Gasteiger partial charge in [-0.15, -0.1) is 0 Å². The molecule has 1 saturated carbocycles. The van der Waals surface area contributed by atoms with Gasteiger partial charge < -0.3 is 10.1 Å². The summed E-state index contributed by atoms with van der Waals surface area (Å²) < 4.78 is 5.42. The van der Waals surface area contributed by atoms with Gasteiger partial charge in [0.15, 0.2) is 0 Å². The van der Waals surface area contributed by atoms with Crippen LogP contribution in [0.25, 0.3) is 0 Å². The maximum absolute atomic E-state index is 5.42. The van der Waals surface area contributed by atoms with Crippen LogP contribution in [0.5, 0.6) is 5.75 Å². The smallest absolute Gasteiger partial charge is 0.119 e. The van der Waals surface area contributed by atoms with Gasteiger partial charge in [-0.3, -0.25) is 0 Å². The number of hydrogen-bond acceptors (Lipinski definition) is 2. The minimum atomic E-state index is 0.477. The van der Waals surface area contributed by atoms with Crippen LogP contribution in [0.3, 0.4) is 0 Å². The van der Waals surface area contributed by atoms with Crippen molar-refractivity contribution in [3.8, 4) is 5.75 Å². The molecule has 118 valence electrons. The molecular formula is C19H31NO. The lowest BCUT2D eigenvalue weighted by atomic mass is 9.72. The molecule has 0 radical (unpaired) electrons. The zero-order valence-corrected chi connectivity index (χ0v) is 13.9. The van der Waals surface area contributed by atoms with E-state index in [0.717, 1.165) is 24.1 Å². The molecule has 1 aromatic rings. The fraction of sp³-hybridized carbons (Fsp3) is 0.684. The highest BCUT2D eigenvalue weighted by Gasteiger charge is 2.31. The van der Waals surface area contributed by atoms with E-state index in [-0.39, 0.29) is 0 Å². The minimum Gasteiger partial charge on any atom is -0.497 e. The lowest BCUT2D eigenvalue weighted by molar-refractivity contribution is 0.175. The maximum atomic E-state index is 5.42. The molecule has 1 N–H and O–H groups in total. The summed E-state index contributed by atoms with van der Waals surface area (Å²) in [5.74, 6) is 2.60. The summed E-state index contributed by atoms with van der Waals surface area (Å²) in [7, 11) is 1.75. The molecule has 1 fully saturated rings. The van der Waals surface area contributed by atoms with Crippen LogP contribution in [-0.4, -0.2) is 13.7 Å². The molecule has 0 amide bonds. The fourth-order valence-electron chi connectivity index (χ4n) is 3.83. The van der Waals surface area contributed by atoms with Crippen LogP contribution in [0.4, 0.5) is 0 Å². The van der Waals surface area contributed by atoms with E-state index in [1.54, 1.807) is 7.11 Å². The summed E-state index contributed by atoms with van der Waals surface area (Å²) in [6, 6.07) is 9.12. The predicted octanol–water partition coefficient (Wildman–Crippen LogP) is 4.95. The molecular weight excluding hydrogens is 258 g/mol. The van der Waals surface area contributed by atoms with Crippen molar-refractivity contribution in [2.75, 3.05) is 13.7 Å². The Morgan fingerprint density at radius 1 is 1.24 bits per heavy atom.